The number of ether oxygens (including phenoxy) is 1. The van der Waals surface area contributed by atoms with Crippen LogP contribution in [-0.4, -0.2) is 34.5 Å². The maximum Gasteiger partial charge on any atom is 0.339 e. The number of hydrogen-bond donors (Lipinski definition) is 0. The Kier molecular flexibility index (Phi) is 5.75. The summed E-state index contributed by atoms with van der Waals surface area (Å²) >= 11 is 0. The Bertz CT molecular complexity index is 534. The predicted molar refractivity (Wildman–Crippen MR) is 88.1 cm³/mol. The van der Waals surface area contributed by atoms with E-state index in [2.05, 4.69) is 0 Å². The molecule has 0 N–H and O–H groups in total. The van der Waals surface area contributed by atoms with Gasteiger partial charge in [-0.15, -0.1) is 0 Å². The predicted octanol–water partition coefficient (Wildman–Crippen LogP) is 3.90. The van der Waals surface area contributed by atoms with Crippen molar-refractivity contribution in [1.29, 1.82) is 0 Å². The SMILES string of the molecule is CC(C)N(C(=O)c1ccccc1C(=O)OC(C)(C)C)C(C)C. The van der Waals surface area contributed by atoms with Crippen molar-refractivity contribution in [3.8, 4) is 0 Å². The second-order valence-corrected chi connectivity index (χ2v) is 6.95. The van der Waals surface area contributed by atoms with Gasteiger partial charge in [0.25, 0.3) is 5.91 Å². The number of hydrogen-bond acceptors (Lipinski definition) is 3. The molecule has 0 saturated heterocycles. The summed E-state index contributed by atoms with van der Waals surface area (Å²) in [5.41, 5.74) is 0.108. The molecule has 0 aromatic heterocycles. The number of rotatable bonds is 4. The molecule has 1 aromatic rings. The Morgan fingerprint density at radius 1 is 0.955 bits per heavy atom. The van der Waals surface area contributed by atoms with Crippen LogP contribution in [0.4, 0.5) is 0 Å². The maximum absolute atomic E-state index is 12.8. The van der Waals surface area contributed by atoms with Gasteiger partial charge in [-0.1, -0.05) is 12.1 Å². The van der Waals surface area contributed by atoms with Gasteiger partial charge >= 0.3 is 5.97 Å². The first kappa shape index (κ1) is 18.2. The van der Waals surface area contributed by atoms with Crippen molar-refractivity contribution >= 4 is 11.9 Å². The molecule has 0 radical (unpaired) electrons. The highest BCUT2D eigenvalue weighted by atomic mass is 16.6. The van der Waals surface area contributed by atoms with Gasteiger partial charge in [0.15, 0.2) is 0 Å². The molecule has 1 amide bonds. The third kappa shape index (κ3) is 4.58. The van der Waals surface area contributed by atoms with E-state index in [1.54, 1.807) is 29.2 Å². The van der Waals surface area contributed by atoms with Gasteiger partial charge in [0, 0.05) is 12.1 Å². The van der Waals surface area contributed by atoms with Crippen molar-refractivity contribution in [1.82, 2.24) is 4.90 Å². The Hall–Kier alpha value is -1.84. The number of carbonyl (C=O) groups is 2. The molecule has 4 heteroatoms. The van der Waals surface area contributed by atoms with Crippen LogP contribution >= 0.6 is 0 Å². The van der Waals surface area contributed by atoms with Crippen molar-refractivity contribution in [3.63, 3.8) is 0 Å². The van der Waals surface area contributed by atoms with Crippen molar-refractivity contribution in [2.24, 2.45) is 0 Å². The van der Waals surface area contributed by atoms with Crippen LogP contribution in [0.5, 0.6) is 0 Å². The molecule has 22 heavy (non-hydrogen) atoms. The molecule has 0 aliphatic heterocycles. The van der Waals surface area contributed by atoms with Crippen LogP contribution in [0.15, 0.2) is 24.3 Å². The minimum atomic E-state index is -0.594. The molecule has 4 nitrogen and oxygen atoms in total. The van der Waals surface area contributed by atoms with Crippen LogP contribution in [0.2, 0.25) is 0 Å². The van der Waals surface area contributed by atoms with E-state index >= 15 is 0 Å². The van der Waals surface area contributed by atoms with Gasteiger partial charge in [-0.2, -0.15) is 0 Å². The van der Waals surface area contributed by atoms with E-state index in [4.69, 9.17) is 4.74 Å². The normalized spacial score (nSPS) is 11.7. The standard InChI is InChI=1S/C18H27NO3/c1-12(2)19(13(3)4)16(20)14-10-8-9-11-15(14)17(21)22-18(5,6)7/h8-13H,1-7H3. The van der Waals surface area contributed by atoms with Gasteiger partial charge in [0.05, 0.1) is 11.1 Å². The Morgan fingerprint density at radius 3 is 1.82 bits per heavy atom. The van der Waals surface area contributed by atoms with Gasteiger partial charge in [-0.25, -0.2) is 4.79 Å². The third-order valence-corrected chi connectivity index (χ3v) is 3.12. The lowest BCUT2D eigenvalue weighted by Crippen LogP contribution is -2.42. The maximum atomic E-state index is 12.8. The molecule has 0 atom stereocenters. The lowest BCUT2D eigenvalue weighted by Gasteiger charge is -2.31. The fraction of sp³-hybridized carbons (Fsp3) is 0.556. The molecule has 0 bridgehead atoms. The summed E-state index contributed by atoms with van der Waals surface area (Å²) in [5, 5.41) is 0. The highest BCUT2D eigenvalue weighted by Crippen LogP contribution is 2.19. The van der Waals surface area contributed by atoms with Crippen molar-refractivity contribution in [2.45, 2.75) is 66.2 Å². The summed E-state index contributed by atoms with van der Waals surface area (Å²) in [5.74, 6) is -0.615. The zero-order valence-corrected chi connectivity index (χ0v) is 14.6. The molecule has 1 aromatic carbocycles. The van der Waals surface area contributed by atoms with Crippen LogP contribution < -0.4 is 0 Å². The Morgan fingerprint density at radius 2 is 1.41 bits per heavy atom. The average Bonchev–Trinajstić information content (AvgIpc) is 2.35. The molecule has 1 rings (SSSR count). The molecule has 0 saturated carbocycles. The first-order chi connectivity index (χ1) is 10.0. The molecule has 0 fully saturated rings. The zero-order chi connectivity index (χ0) is 17.1. The van der Waals surface area contributed by atoms with Crippen LogP contribution in [-0.2, 0) is 4.74 Å². The highest BCUT2D eigenvalue weighted by molar-refractivity contribution is 6.05. The minimum absolute atomic E-state index is 0.0548. The van der Waals surface area contributed by atoms with E-state index in [0.29, 0.717) is 11.1 Å². The van der Waals surface area contributed by atoms with Gasteiger partial charge in [-0.3, -0.25) is 4.79 Å². The smallest absolute Gasteiger partial charge is 0.339 e. The number of nitrogens with zero attached hydrogens (tertiary/aromatic N) is 1. The molecule has 0 heterocycles. The summed E-state index contributed by atoms with van der Waals surface area (Å²) in [7, 11) is 0. The monoisotopic (exact) mass is 305 g/mol. The summed E-state index contributed by atoms with van der Waals surface area (Å²) in [6, 6.07) is 6.93. The first-order valence-corrected chi connectivity index (χ1v) is 7.69. The van der Waals surface area contributed by atoms with Gasteiger partial charge in [0.1, 0.15) is 5.60 Å². The lowest BCUT2D eigenvalue weighted by atomic mass is 10.0. The highest BCUT2D eigenvalue weighted by Gasteiger charge is 2.27. The second kappa shape index (κ2) is 6.95. The Labute approximate surface area is 133 Å². The third-order valence-electron chi connectivity index (χ3n) is 3.12. The number of carbonyl (C=O) groups excluding carboxylic acids is 2. The van der Waals surface area contributed by atoms with Crippen molar-refractivity contribution < 1.29 is 14.3 Å². The van der Waals surface area contributed by atoms with Crippen LogP contribution in [0.3, 0.4) is 0 Å². The topological polar surface area (TPSA) is 46.6 Å². The van der Waals surface area contributed by atoms with Gasteiger partial charge < -0.3 is 9.64 Å². The minimum Gasteiger partial charge on any atom is -0.456 e. The van der Waals surface area contributed by atoms with Crippen molar-refractivity contribution in [2.75, 3.05) is 0 Å². The molecule has 0 aliphatic rings. The van der Waals surface area contributed by atoms with Crippen molar-refractivity contribution in [3.05, 3.63) is 35.4 Å². The van der Waals surface area contributed by atoms with Crippen LogP contribution in [0.1, 0.15) is 69.2 Å². The summed E-state index contributed by atoms with van der Waals surface area (Å²) in [6.45, 7) is 13.3. The summed E-state index contributed by atoms with van der Waals surface area (Å²) < 4.78 is 5.41. The number of amides is 1. The van der Waals surface area contributed by atoms with E-state index in [9.17, 15) is 9.59 Å². The first-order valence-electron chi connectivity index (χ1n) is 7.69. The van der Waals surface area contributed by atoms with Gasteiger partial charge in [0.2, 0.25) is 0 Å². The van der Waals surface area contributed by atoms with E-state index in [0.717, 1.165) is 0 Å². The Balaban J connectivity index is 3.21. The van der Waals surface area contributed by atoms with E-state index in [1.165, 1.54) is 0 Å². The fourth-order valence-corrected chi connectivity index (χ4v) is 2.39. The van der Waals surface area contributed by atoms with Gasteiger partial charge in [-0.05, 0) is 60.6 Å². The second-order valence-electron chi connectivity index (χ2n) is 6.95. The van der Waals surface area contributed by atoms with E-state index in [-0.39, 0.29) is 18.0 Å². The van der Waals surface area contributed by atoms with E-state index in [1.807, 2.05) is 48.5 Å². The molecular weight excluding hydrogens is 278 g/mol. The average molecular weight is 305 g/mol. The molecule has 0 unspecified atom stereocenters. The largest absolute Gasteiger partial charge is 0.456 e. The molecule has 122 valence electrons. The molecular formula is C18H27NO3. The lowest BCUT2D eigenvalue weighted by molar-refractivity contribution is 0.00658. The summed E-state index contributed by atoms with van der Waals surface area (Å²) in [6.07, 6.45) is 0. The molecule has 0 aliphatic carbocycles. The van der Waals surface area contributed by atoms with E-state index < -0.39 is 11.6 Å². The fourth-order valence-electron chi connectivity index (χ4n) is 2.39. The van der Waals surface area contributed by atoms with Crippen LogP contribution in [0, 0.1) is 0 Å². The quantitative estimate of drug-likeness (QED) is 0.793. The summed E-state index contributed by atoms with van der Waals surface area (Å²) in [4.78, 5) is 27.0. The number of esters is 1. The zero-order valence-electron chi connectivity index (χ0n) is 14.6. The van der Waals surface area contributed by atoms with Crippen LogP contribution in [0.25, 0.3) is 0 Å². The molecule has 0 spiro atoms. The number of benzene rings is 1.